The van der Waals surface area contributed by atoms with Gasteiger partial charge in [-0.1, -0.05) is 0 Å². The number of hydrogen-bond donors (Lipinski definition) is 1. The first-order chi connectivity index (χ1) is 1.91. The van der Waals surface area contributed by atoms with E-state index in [1.54, 1.807) is 0 Å². The average Bonchev–Trinajstić information content (AvgIpc) is 1.37. The van der Waals surface area contributed by atoms with Crippen LogP contribution in [0.1, 0.15) is 0 Å². The van der Waals surface area contributed by atoms with Crippen molar-refractivity contribution in [3.05, 3.63) is 0 Å². The summed E-state index contributed by atoms with van der Waals surface area (Å²) >= 11 is 3.47. The van der Waals surface area contributed by atoms with E-state index in [0.717, 1.165) is 0 Å². The van der Waals surface area contributed by atoms with Crippen molar-refractivity contribution >= 4 is 28.7 Å². The van der Waals surface area contributed by atoms with Crippen LogP contribution in [0.5, 0.6) is 0 Å². The van der Waals surface area contributed by atoms with Crippen molar-refractivity contribution in [2.75, 3.05) is 0 Å². The third-order valence-corrected chi connectivity index (χ3v) is 0.600. The van der Waals surface area contributed by atoms with E-state index in [1.165, 1.54) is 6.79 Å². The molecule has 0 amide bonds. The molecule has 0 rings (SSSR count). The quantitative estimate of drug-likeness (QED) is 0.253. The SMILES string of the molecule is PB=NS. The molecule has 0 aromatic rings. The minimum atomic E-state index is 1.53. The number of hydrogen-bond acceptors (Lipinski definition) is 2. The summed E-state index contributed by atoms with van der Waals surface area (Å²) in [5.74, 6) is 0. The first-order valence-electron chi connectivity index (χ1n) is 0.792. The van der Waals surface area contributed by atoms with Crippen LogP contribution >= 0.6 is 21.9 Å². The van der Waals surface area contributed by atoms with E-state index < -0.39 is 0 Å². The van der Waals surface area contributed by atoms with Gasteiger partial charge < -0.3 is 0 Å². The standard InChI is InChI=1S/BH3NPS/c3-1-2-4/h4H,3H2. The topological polar surface area (TPSA) is 12.4 Å². The van der Waals surface area contributed by atoms with Gasteiger partial charge in [0, 0.05) is 0 Å². The van der Waals surface area contributed by atoms with Gasteiger partial charge in [-0.05, 0) is 0 Å². The molecule has 22 valence electrons. The zero-order chi connectivity index (χ0) is 3.41. The Balaban J connectivity index is 2.55. The van der Waals surface area contributed by atoms with Gasteiger partial charge >= 0.3 is 33.0 Å². The zero-order valence-electron chi connectivity index (χ0n) is 2.05. The minimum absolute atomic E-state index is 1.53. The second-order valence-electron chi connectivity index (χ2n) is 0.265. The first-order valence-corrected chi connectivity index (χ1v) is 1.86. The van der Waals surface area contributed by atoms with E-state index in [4.69, 9.17) is 0 Å². The molecule has 1 nitrogen and oxygen atoms in total. The predicted octanol–water partition coefficient (Wildman–Crippen LogP) is 0.509. The van der Waals surface area contributed by atoms with Crippen LogP contribution in [0.25, 0.3) is 0 Å². The summed E-state index contributed by atoms with van der Waals surface area (Å²) in [6, 6.07) is 0. The fourth-order valence-electron chi connectivity index (χ4n) is 0. The van der Waals surface area contributed by atoms with E-state index in [2.05, 4.69) is 26.2 Å². The van der Waals surface area contributed by atoms with E-state index in [1.807, 2.05) is 0 Å². The number of rotatable bonds is 0. The molecular formula is H3BNPS. The van der Waals surface area contributed by atoms with Crippen LogP contribution in [0, 0.1) is 0 Å². The van der Waals surface area contributed by atoms with E-state index in [-0.39, 0.29) is 0 Å². The number of thiol groups is 1. The van der Waals surface area contributed by atoms with E-state index >= 15 is 0 Å². The van der Waals surface area contributed by atoms with Crippen LogP contribution in [-0.2, 0) is 0 Å². The molecule has 0 aliphatic carbocycles. The molecule has 0 aliphatic heterocycles. The molecule has 0 aliphatic rings. The summed E-state index contributed by atoms with van der Waals surface area (Å²) in [6.45, 7) is 1.53. The molecular weight excluding hydrogens is 87.9 g/mol. The first kappa shape index (κ1) is 4.64. The van der Waals surface area contributed by atoms with Crippen LogP contribution in [0.4, 0.5) is 0 Å². The third-order valence-electron chi connectivity index (χ3n) is 0.0667. The molecule has 4 heteroatoms. The Morgan fingerprint density at radius 2 is 2.25 bits per heavy atom. The van der Waals surface area contributed by atoms with Crippen LogP contribution in [0.2, 0.25) is 0 Å². The van der Waals surface area contributed by atoms with Gasteiger partial charge in [-0.25, -0.2) is 0 Å². The summed E-state index contributed by atoms with van der Waals surface area (Å²) in [6.07, 6.45) is 0. The van der Waals surface area contributed by atoms with Crippen molar-refractivity contribution in [3.63, 3.8) is 0 Å². The van der Waals surface area contributed by atoms with Crippen LogP contribution in [0.3, 0.4) is 0 Å². The molecule has 0 heterocycles. The van der Waals surface area contributed by atoms with Crippen molar-refractivity contribution in [1.82, 2.24) is 0 Å². The fourth-order valence-corrected chi connectivity index (χ4v) is 0. The van der Waals surface area contributed by atoms with Crippen molar-refractivity contribution in [3.8, 4) is 0 Å². The Hall–Kier alpha value is 0.645. The van der Waals surface area contributed by atoms with Crippen LogP contribution in [-0.4, -0.2) is 6.79 Å². The Labute approximate surface area is 33.8 Å². The van der Waals surface area contributed by atoms with Gasteiger partial charge in [-0.3, -0.25) is 0 Å². The van der Waals surface area contributed by atoms with Gasteiger partial charge in [0.2, 0.25) is 0 Å². The van der Waals surface area contributed by atoms with Gasteiger partial charge in [0.15, 0.2) is 0 Å². The van der Waals surface area contributed by atoms with Crippen LogP contribution < -0.4 is 0 Å². The Morgan fingerprint density at radius 3 is 2.25 bits per heavy atom. The Kier molecular flexibility index (Phi) is 4.23. The molecule has 4 heavy (non-hydrogen) atoms. The fraction of sp³-hybridized carbons (Fsp3) is 0. The van der Waals surface area contributed by atoms with E-state index in [9.17, 15) is 0 Å². The summed E-state index contributed by atoms with van der Waals surface area (Å²) in [5, 5.41) is 0. The van der Waals surface area contributed by atoms with Gasteiger partial charge in [0.05, 0.1) is 0 Å². The van der Waals surface area contributed by atoms with Crippen molar-refractivity contribution in [2.24, 2.45) is 4.30 Å². The molecule has 0 radical (unpaired) electrons. The molecule has 0 N–H and O–H groups in total. The van der Waals surface area contributed by atoms with Gasteiger partial charge in [-0.15, -0.1) is 0 Å². The second-order valence-corrected chi connectivity index (χ2v) is 0.794. The van der Waals surface area contributed by atoms with Gasteiger partial charge in [-0.2, -0.15) is 0 Å². The Morgan fingerprint density at radius 1 is 2.00 bits per heavy atom. The van der Waals surface area contributed by atoms with Crippen molar-refractivity contribution < 1.29 is 0 Å². The van der Waals surface area contributed by atoms with Gasteiger partial charge in [0.25, 0.3) is 0 Å². The maximum atomic E-state index is 3.47. The molecule has 0 aromatic heterocycles. The number of nitrogens with zero attached hydrogens (tertiary/aromatic N) is 1. The van der Waals surface area contributed by atoms with E-state index in [0.29, 0.717) is 0 Å². The van der Waals surface area contributed by atoms with Crippen LogP contribution in [0.15, 0.2) is 4.30 Å². The normalized spacial score (nSPS) is 7.50. The Bertz CT molecular complexity index is 23.2. The molecule has 0 spiro atoms. The molecule has 0 bridgehead atoms. The second kappa shape index (κ2) is 3.64. The average molecular weight is 90.9 g/mol. The summed E-state index contributed by atoms with van der Waals surface area (Å²) < 4.78 is 3.27. The maximum absolute atomic E-state index is 3.47. The molecule has 0 fully saturated rings. The predicted molar refractivity (Wildman–Crippen MR) is 26.9 cm³/mol. The third kappa shape index (κ3) is 2.64. The molecule has 0 saturated carbocycles. The summed E-state index contributed by atoms with van der Waals surface area (Å²) in [5.41, 5.74) is 0. The summed E-state index contributed by atoms with van der Waals surface area (Å²) in [7, 11) is 2.29. The van der Waals surface area contributed by atoms with Crippen molar-refractivity contribution in [1.29, 1.82) is 0 Å². The molecule has 1 unspecified atom stereocenters. The molecule has 0 saturated heterocycles. The molecule has 1 atom stereocenters. The van der Waals surface area contributed by atoms with Gasteiger partial charge in [0.1, 0.15) is 0 Å². The van der Waals surface area contributed by atoms with Crippen molar-refractivity contribution in [2.45, 2.75) is 0 Å². The molecule has 0 aromatic carbocycles. The summed E-state index contributed by atoms with van der Waals surface area (Å²) in [4.78, 5) is 0. The zero-order valence-corrected chi connectivity index (χ0v) is 4.10. The monoisotopic (exact) mass is 91.0 g/mol.